The summed E-state index contributed by atoms with van der Waals surface area (Å²) in [4.78, 5) is 17.5. The Labute approximate surface area is 187 Å². The first-order valence-corrected chi connectivity index (χ1v) is 11.4. The van der Waals surface area contributed by atoms with E-state index in [2.05, 4.69) is 12.2 Å². The summed E-state index contributed by atoms with van der Waals surface area (Å²) in [7, 11) is 5.82. The minimum atomic E-state index is -0.314. The predicted molar refractivity (Wildman–Crippen MR) is 125 cm³/mol. The number of amides is 1. The molecular weight excluding hydrogens is 394 g/mol. The van der Waals surface area contributed by atoms with Crippen molar-refractivity contribution in [1.29, 1.82) is 0 Å². The number of carbonyl (C=O) groups excluding carboxylic acids is 1. The fourth-order valence-electron chi connectivity index (χ4n) is 3.88. The zero-order valence-corrected chi connectivity index (χ0v) is 20.1. The van der Waals surface area contributed by atoms with E-state index in [1.54, 1.807) is 4.90 Å². The molecule has 0 unspecified atom stereocenters. The minimum Gasteiger partial charge on any atom is -0.490 e. The number of aliphatic hydroxyl groups excluding tert-OH is 1. The van der Waals surface area contributed by atoms with E-state index in [1.807, 2.05) is 58.1 Å². The molecule has 0 fully saturated rings. The summed E-state index contributed by atoms with van der Waals surface area (Å²) in [6.07, 6.45) is 2.87. The van der Waals surface area contributed by atoms with Gasteiger partial charge < -0.3 is 29.7 Å². The molecule has 176 valence electrons. The summed E-state index contributed by atoms with van der Waals surface area (Å²) in [6.45, 7) is 7.83. The first-order valence-electron chi connectivity index (χ1n) is 11.4. The van der Waals surface area contributed by atoms with Crippen LogP contribution in [0.1, 0.15) is 50.4 Å². The van der Waals surface area contributed by atoms with Gasteiger partial charge in [0.05, 0.1) is 30.4 Å². The highest BCUT2D eigenvalue weighted by molar-refractivity contribution is 5.98. The summed E-state index contributed by atoms with van der Waals surface area (Å²) in [6, 6.07) is 5.44. The molecule has 7 nitrogen and oxygen atoms in total. The quantitative estimate of drug-likeness (QED) is 0.741. The minimum absolute atomic E-state index is 0.00422. The maximum atomic E-state index is 13.8. The molecule has 0 spiro atoms. The zero-order valence-electron chi connectivity index (χ0n) is 20.1. The molecule has 0 aromatic heterocycles. The molecule has 0 bridgehead atoms. The van der Waals surface area contributed by atoms with Crippen LogP contribution in [0, 0.1) is 5.92 Å². The van der Waals surface area contributed by atoms with Crippen molar-refractivity contribution in [2.24, 2.45) is 5.92 Å². The van der Waals surface area contributed by atoms with Gasteiger partial charge in [0.15, 0.2) is 0 Å². The number of likely N-dealkylation sites (N-methyl/N-ethyl adjacent to an activating group) is 1. The fraction of sp³-hybridized carbons (Fsp3) is 0.708. The van der Waals surface area contributed by atoms with Crippen LogP contribution in [0.5, 0.6) is 5.75 Å². The molecular formula is C24H41N3O4. The first kappa shape index (κ1) is 25.4. The third-order valence-corrected chi connectivity index (χ3v) is 5.96. The lowest BCUT2D eigenvalue weighted by atomic mass is 10.0. The molecule has 31 heavy (non-hydrogen) atoms. The molecule has 0 saturated heterocycles. The van der Waals surface area contributed by atoms with Gasteiger partial charge in [0.2, 0.25) is 0 Å². The summed E-state index contributed by atoms with van der Waals surface area (Å²) >= 11 is 0. The van der Waals surface area contributed by atoms with Crippen LogP contribution in [-0.2, 0) is 4.74 Å². The van der Waals surface area contributed by atoms with Crippen LogP contribution in [-0.4, -0.2) is 81.6 Å². The van der Waals surface area contributed by atoms with Gasteiger partial charge in [-0.15, -0.1) is 0 Å². The van der Waals surface area contributed by atoms with E-state index in [0.29, 0.717) is 24.5 Å². The van der Waals surface area contributed by atoms with Crippen LogP contribution < -0.4 is 15.0 Å². The molecule has 1 heterocycles. The number of hydrogen-bond donors (Lipinski definition) is 2. The molecule has 1 aromatic carbocycles. The van der Waals surface area contributed by atoms with E-state index in [-0.39, 0.29) is 36.7 Å². The van der Waals surface area contributed by atoms with Gasteiger partial charge in [0.1, 0.15) is 5.75 Å². The second-order valence-corrected chi connectivity index (χ2v) is 8.93. The molecule has 0 aliphatic carbocycles. The van der Waals surface area contributed by atoms with Crippen molar-refractivity contribution in [3.05, 3.63) is 23.8 Å². The van der Waals surface area contributed by atoms with Crippen LogP contribution in [0.3, 0.4) is 0 Å². The van der Waals surface area contributed by atoms with Crippen LogP contribution in [0.15, 0.2) is 18.2 Å². The molecule has 4 atom stereocenters. The molecule has 1 aliphatic rings. The highest BCUT2D eigenvalue weighted by Gasteiger charge is 2.29. The van der Waals surface area contributed by atoms with Crippen molar-refractivity contribution in [3.8, 4) is 5.75 Å². The van der Waals surface area contributed by atoms with E-state index in [9.17, 15) is 9.90 Å². The van der Waals surface area contributed by atoms with Crippen molar-refractivity contribution in [2.45, 2.75) is 58.3 Å². The average Bonchev–Trinajstić information content (AvgIpc) is 2.74. The Morgan fingerprint density at radius 1 is 1.29 bits per heavy atom. The highest BCUT2D eigenvalue weighted by atomic mass is 16.5. The van der Waals surface area contributed by atoms with Crippen molar-refractivity contribution >= 4 is 11.6 Å². The number of nitrogens with one attached hydrogen (secondary N) is 1. The average molecular weight is 436 g/mol. The number of anilines is 1. The lowest BCUT2D eigenvalue weighted by molar-refractivity contribution is -0.000449. The van der Waals surface area contributed by atoms with Gasteiger partial charge in [-0.25, -0.2) is 0 Å². The van der Waals surface area contributed by atoms with Crippen molar-refractivity contribution in [3.63, 3.8) is 0 Å². The predicted octanol–water partition coefficient (Wildman–Crippen LogP) is 2.77. The second kappa shape index (κ2) is 12.3. The SMILES string of the molecule is CNC[C@@H]1OCCCC[C@@H](C)Oc2ccc(N(C)C)cc2C(=O)N([C@@H](C)CO)C[C@H]1C. The van der Waals surface area contributed by atoms with Crippen LogP contribution in [0.4, 0.5) is 5.69 Å². The monoisotopic (exact) mass is 435 g/mol. The van der Waals surface area contributed by atoms with Crippen molar-refractivity contribution < 1.29 is 19.4 Å². The van der Waals surface area contributed by atoms with Gasteiger partial charge >= 0.3 is 0 Å². The Bertz CT molecular complexity index is 697. The fourth-order valence-corrected chi connectivity index (χ4v) is 3.88. The first-order chi connectivity index (χ1) is 14.8. The highest BCUT2D eigenvalue weighted by Crippen LogP contribution is 2.29. The van der Waals surface area contributed by atoms with Gasteiger partial charge in [-0.1, -0.05) is 6.92 Å². The summed E-state index contributed by atoms with van der Waals surface area (Å²) in [5.41, 5.74) is 1.47. The number of benzene rings is 1. The molecule has 7 heteroatoms. The number of nitrogens with zero attached hydrogens (tertiary/aromatic N) is 2. The maximum absolute atomic E-state index is 13.8. The summed E-state index contributed by atoms with van der Waals surface area (Å²) in [5.74, 6) is 0.583. The molecule has 2 rings (SSSR count). The van der Waals surface area contributed by atoms with E-state index < -0.39 is 0 Å². The van der Waals surface area contributed by atoms with Crippen molar-refractivity contribution in [1.82, 2.24) is 10.2 Å². The molecule has 1 aliphatic heterocycles. The van der Waals surface area contributed by atoms with Gasteiger partial charge in [-0.05, 0) is 58.4 Å². The van der Waals surface area contributed by atoms with E-state index in [4.69, 9.17) is 9.47 Å². The van der Waals surface area contributed by atoms with Crippen molar-refractivity contribution in [2.75, 3.05) is 52.3 Å². The third-order valence-electron chi connectivity index (χ3n) is 5.96. The maximum Gasteiger partial charge on any atom is 0.258 e. The lowest BCUT2D eigenvalue weighted by Crippen LogP contribution is -2.47. The molecule has 0 radical (unpaired) electrons. The number of rotatable bonds is 5. The van der Waals surface area contributed by atoms with Gasteiger partial charge in [-0.2, -0.15) is 0 Å². The number of ether oxygens (including phenoxy) is 2. The van der Waals surface area contributed by atoms with E-state index in [1.165, 1.54) is 0 Å². The Hall–Kier alpha value is -1.83. The Morgan fingerprint density at radius 2 is 2.03 bits per heavy atom. The number of hydrogen-bond acceptors (Lipinski definition) is 6. The Morgan fingerprint density at radius 3 is 2.68 bits per heavy atom. The van der Waals surface area contributed by atoms with Gasteiger partial charge in [0, 0.05) is 45.4 Å². The second-order valence-electron chi connectivity index (χ2n) is 8.93. The van der Waals surface area contributed by atoms with Gasteiger partial charge in [-0.3, -0.25) is 4.79 Å². The largest absolute Gasteiger partial charge is 0.490 e. The molecule has 0 saturated carbocycles. The third kappa shape index (κ3) is 7.09. The van der Waals surface area contributed by atoms with E-state index >= 15 is 0 Å². The lowest BCUT2D eigenvalue weighted by Gasteiger charge is -2.34. The Kier molecular flexibility index (Phi) is 10.1. The number of fused-ring (bicyclic) bond motifs is 1. The van der Waals surface area contributed by atoms with Gasteiger partial charge in [0.25, 0.3) is 5.91 Å². The standard InChI is InChI=1S/C24H41N3O4/c1-17-15-27(18(2)16-28)24(29)21-13-20(26(5)6)10-11-22(21)31-19(3)9-7-8-12-30-23(17)14-25-4/h10-11,13,17-19,23,25,28H,7-9,12,14-16H2,1-6H3/t17-,18+,19-,23+/m1/s1. The Balaban J connectivity index is 2.47. The molecule has 1 amide bonds. The zero-order chi connectivity index (χ0) is 23.0. The normalized spacial score (nSPS) is 24.7. The smallest absolute Gasteiger partial charge is 0.258 e. The van der Waals surface area contributed by atoms with E-state index in [0.717, 1.165) is 31.5 Å². The number of carbonyl (C=O) groups is 1. The summed E-state index contributed by atoms with van der Waals surface area (Å²) < 4.78 is 12.4. The van der Waals surface area contributed by atoms with Crippen LogP contribution >= 0.6 is 0 Å². The number of aliphatic hydroxyl groups is 1. The summed E-state index contributed by atoms with van der Waals surface area (Å²) in [5, 5.41) is 13.1. The van der Waals surface area contributed by atoms with Crippen LogP contribution in [0.25, 0.3) is 0 Å². The molecule has 2 N–H and O–H groups in total. The topological polar surface area (TPSA) is 74.3 Å². The van der Waals surface area contributed by atoms with Crippen LogP contribution in [0.2, 0.25) is 0 Å². The molecule has 1 aromatic rings.